The lowest BCUT2D eigenvalue weighted by molar-refractivity contribution is 0.284. The number of hydrogen-bond donors (Lipinski definition) is 1. The molecule has 0 aromatic heterocycles. The van der Waals surface area contributed by atoms with Crippen LogP contribution in [0.25, 0.3) is 0 Å². The largest absolute Gasteiger partial charge is 0.493 e. The third kappa shape index (κ3) is 5.03. The molecule has 0 bridgehead atoms. The Balaban J connectivity index is 2.16. The lowest BCUT2D eigenvalue weighted by Crippen LogP contribution is -2.21. The third-order valence-corrected chi connectivity index (χ3v) is 3.98. The van der Waals surface area contributed by atoms with E-state index in [9.17, 15) is 0 Å². The molecule has 0 atom stereocenters. The summed E-state index contributed by atoms with van der Waals surface area (Å²) >= 11 is 12.5. The molecule has 5 heteroatoms. The number of ether oxygens (including phenoxy) is 2. The quantitative estimate of drug-likeness (QED) is 0.752. The molecule has 3 nitrogen and oxygen atoms in total. The summed E-state index contributed by atoms with van der Waals surface area (Å²) in [6.45, 7) is 5.25. The first-order valence-corrected chi connectivity index (χ1v) is 8.23. The molecule has 0 fully saturated rings. The Morgan fingerprint density at radius 1 is 1.09 bits per heavy atom. The Bertz CT molecular complexity index is 659. The zero-order chi connectivity index (χ0) is 16.8. The van der Waals surface area contributed by atoms with E-state index >= 15 is 0 Å². The van der Waals surface area contributed by atoms with Crippen LogP contribution in [0.4, 0.5) is 0 Å². The van der Waals surface area contributed by atoms with E-state index in [0.29, 0.717) is 34.2 Å². The molecule has 0 heterocycles. The van der Waals surface area contributed by atoms with Crippen molar-refractivity contribution in [3.63, 3.8) is 0 Å². The second-order valence-corrected chi connectivity index (χ2v) is 6.34. The van der Waals surface area contributed by atoms with Gasteiger partial charge in [-0.15, -0.1) is 0 Å². The zero-order valence-electron chi connectivity index (χ0n) is 13.5. The summed E-state index contributed by atoms with van der Waals surface area (Å²) in [4.78, 5) is 0. The predicted molar refractivity (Wildman–Crippen MR) is 95.8 cm³/mol. The number of nitrogens with one attached hydrogen (secondary N) is 1. The average Bonchev–Trinajstić information content (AvgIpc) is 2.52. The van der Waals surface area contributed by atoms with E-state index in [0.717, 1.165) is 17.7 Å². The second-order valence-electron chi connectivity index (χ2n) is 5.52. The summed E-state index contributed by atoms with van der Waals surface area (Å²) in [5, 5.41) is 4.54. The molecule has 0 saturated carbocycles. The van der Waals surface area contributed by atoms with E-state index < -0.39 is 0 Å². The molecule has 0 amide bonds. The van der Waals surface area contributed by atoms with Gasteiger partial charge in [-0.3, -0.25) is 0 Å². The van der Waals surface area contributed by atoms with Crippen LogP contribution in [0, 0.1) is 0 Å². The Morgan fingerprint density at radius 2 is 1.83 bits per heavy atom. The number of halogens is 2. The molecule has 0 aliphatic carbocycles. The van der Waals surface area contributed by atoms with Crippen molar-refractivity contribution in [3.05, 3.63) is 57.6 Å². The van der Waals surface area contributed by atoms with Crippen molar-refractivity contribution in [1.82, 2.24) is 5.32 Å². The first-order valence-electron chi connectivity index (χ1n) is 7.47. The summed E-state index contributed by atoms with van der Waals surface area (Å²) in [6.07, 6.45) is 0. The molecule has 0 unspecified atom stereocenters. The molecule has 23 heavy (non-hydrogen) atoms. The van der Waals surface area contributed by atoms with Crippen molar-refractivity contribution in [3.8, 4) is 11.5 Å². The fraction of sp³-hybridized carbons (Fsp3) is 0.333. The van der Waals surface area contributed by atoms with Crippen LogP contribution < -0.4 is 14.8 Å². The zero-order valence-corrected chi connectivity index (χ0v) is 15.0. The molecular formula is C18H21Cl2NO2. The van der Waals surface area contributed by atoms with Crippen LogP contribution >= 0.6 is 23.2 Å². The van der Waals surface area contributed by atoms with Crippen molar-refractivity contribution >= 4 is 23.2 Å². The number of hydrogen-bond acceptors (Lipinski definition) is 3. The summed E-state index contributed by atoms with van der Waals surface area (Å²) in [5.74, 6) is 1.15. The highest BCUT2D eigenvalue weighted by Crippen LogP contribution is 2.37. The molecule has 0 saturated heterocycles. The summed E-state index contributed by atoms with van der Waals surface area (Å²) in [6, 6.07) is 11.8. The minimum Gasteiger partial charge on any atom is -0.493 e. The molecule has 2 aromatic rings. The van der Waals surface area contributed by atoms with Gasteiger partial charge < -0.3 is 14.8 Å². The van der Waals surface area contributed by atoms with Crippen LogP contribution in [-0.4, -0.2) is 13.2 Å². The summed E-state index contributed by atoms with van der Waals surface area (Å²) in [5.41, 5.74) is 1.95. The van der Waals surface area contributed by atoms with Gasteiger partial charge in [-0.1, -0.05) is 55.2 Å². The van der Waals surface area contributed by atoms with Gasteiger partial charge in [0, 0.05) is 23.2 Å². The van der Waals surface area contributed by atoms with E-state index in [1.54, 1.807) is 7.11 Å². The number of methoxy groups -OCH3 is 1. The van der Waals surface area contributed by atoms with Gasteiger partial charge in [0.1, 0.15) is 6.61 Å². The van der Waals surface area contributed by atoms with Crippen molar-refractivity contribution in [2.24, 2.45) is 0 Å². The predicted octanol–water partition coefficient (Wildman–Crippen LogP) is 5.08. The molecule has 0 aliphatic rings. The van der Waals surface area contributed by atoms with Crippen LogP contribution in [0.5, 0.6) is 11.5 Å². The van der Waals surface area contributed by atoms with Crippen LogP contribution in [0.15, 0.2) is 36.4 Å². The SMILES string of the molecule is COc1cc(CNC(C)C)cc(Cl)c1OCc1ccccc1Cl. The molecule has 0 radical (unpaired) electrons. The summed E-state index contributed by atoms with van der Waals surface area (Å²) < 4.78 is 11.3. The minimum absolute atomic E-state index is 0.333. The van der Waals surface area contributed by atoms with Crippen molar-refractivity contribution < 1.29 is 9.47 Å². The highest BCUT2D eigenvalue weighted by atomic mass is 35.5. The topological polar surface area (TPSA) is 30.5 Å². The van der Waals surface area contributed by atoms with Gasteiger partial charge in [-0.25, -0.2) is 0 Å². The maximum Gasteiger partial charge on any atom is 0.180 e. The fourth-order valence-corrected chi connectivity index (χ4v) is 2.58. The first kappa shape index (κ1) is 17.9. The maximum absolute atomic E-state index is 6.37. The maximum atomic E-state index is 6.37. The van der Waals surface area contributed by atoms with Gasteiger partial charge >= 0.3 is 0 Å². The van der Waals surface area contributed by atoms with Crippen LogP contribution in [-0.2, 0) is 13.2 Å². The molecule has 124 valence electrons. The standard InChI is InChI=1S/C18H21Cl2NO2/c1-12(2)21-10-13-8-16(20)18(17(9-13)22-3)23-11-14-6-4-5-7-15(14)19/h4-9,12,21H,10-11H2,1-3H3. The van der Waals surface area contributed by atoms with Gasteiger partial charge in [0.05, 0.1) is 12.1 Å². The molecule has 0 aliphatic heterocycles. The number of rotatable bonds is 7. The van der Waals surface area contributed by atoms with Crippen molar-refractivity contribution in [2.75, 3.05) is 7.11 Å². The number of benzene rings is 2. The Kier molecular flexibility index (Phi) is 6.58. The van der Waals surface area contributed by atoms with Gasteiger partial charge in [-0.2, -0.15) is 0 Å². The highest BCUT2D eigenvalue weighted by Gasteiger charge is 2.13. The normalized spacial score (nSPS) is 10.9. The third-order valence-electron chi connectivity index (χ3n) is 3.33. The minimum atomic E-state index is 0.333. The Labute approximate surface area is 147 Å². The molecule has 1 N–H and O–H groups in total. The monoisotopic (exact) mass is 353 g/mol. The van der Waals surface area contributed by atoms with Gasteiger partial charge in [-0.05, 0) is 23.8 Å². The lowest BCUT2D eigenvalue weighted by Gasteiger charge is -2.15. The van der Waals surface area contributed by atoms with Gasteiger partial charge in [0.2, 0.25) is 0 Å². The van der Waals surface area contributed by atoms with Gasteiger partial charge in [0.25, 0.3) is 0 Å². The van der Waals surface area contributed by atoms with Crippen molar-refractivity contribution in [2.45, 2.75) is 33.0 Å². The Morgan fingerprint density at radius 3 is 2.48 bits per heavy atom. The lowest BCUT2D eigenvalue weighted by atomic mass is 10.2. The van der Waals surface area contributed by atoms with Crippen LogP contribution in [0.2, 0.25) is 10.0 Å². The summed E-state index contributed by atoms with van der Waals surface area (Å²) in [7, 11) is 1.60. The highest BCUT2D eigenvalue weighted by molar-refractivity contribution is 6.32. The van der Waals surface area contributed by atoms with E-state index in [4.69, 9.17) is 32.7 Å². The van der Waals surface area contributed by atoms with Gasteiger partial charge in [0.15, 0.2) is 11.5 Å². The fourth-order valence-electron chi connectivity index (χ4n) is 2.10. The molecule has 2 aromatic carbocycles. The Hall–Kier alpha value is -1.42. The smallest absolute Gasteiger partial charge is 0.180 e. The van der Waals surface area contributed by atoms with Crippen LogP contribution in [0.3, 0.4) is 0 Å². The van der Waals surface area contributed by atoms with Crippen LogP contribution in [0.1, 0.15) is 25.0 Å². The molecule has 0 spiro atoms. The second kappa shape index (κ2) is 8.44. The van der Waals surface area contributed by atoms with E-state index in [2.05, 4.69) is 19.2 Å². The van der Waals surface area contributed by atoms with E-state index in [-0.39, 0.29) is 0 Å². The average molecular weight is 354 g/mol. The molecule has 2 rings (SSSR count). The van der Waals surface area contributed by atoms with E-state index in [1.165, 1.54) is 0 Å². The molecular weight excluding hydrogens is 333 g/mol. The van der Waals surface area contributed by atoms with E-state index in [1.807, 2.05) is 36.4 Å². The van der Waals surface area contributed by atoms with Crippen molar-refractivity contribution in [1.29, 1.82) is 0 Å². The first-order chi connectivity index (χ1) is 11.0.